The summed E-state index contributed by atoms with van der Waals surface area (Å²) in [7, 11) is 0. The third kappa shape index (κ3) is 3.71. The summed E-state index contributed by atoms with van der Waals surface area (Å²) in [6.45, 7) is 4.88. The van der Waals surface area contributed by atoms with Crippen LogP contribution in [0.1, 0.15) is 13.8 Å². The van der Waals surface area contributed by atoms with Crippen molar-refractivity contribution in [2.75, 3.05) is 6.61 Å². The van der Waals surface area contributed by atoms with E-state index in [1.165, 1.54) is 0 Å². The van der Waals surface area contributed by atoms with Crippen LogP contribution in [0.3, 0.4) is 0 Å². The van der Waals surface area contributed by atoms with Crippen LogP contribution in [-0.2, 0) is 0 Å². The molecule has 0 amide bonds. The Morgan fingerprint density at radius 2 is 2.00 bits per heavy atom. The summed E-state index contributed by atoms with van der Waals surface area (Å²) < 4.78 is 5.90. The van der Waals surface area contributed by atoms with Gasteiger partial charge < -0.3 is 4.74 Å². The van der Waals surface area contributed by atoms with Crippen LogP contribution >= 0.6 is 11.6 Å². The summed E-state index contributed by atoms with van der Waals surface area (Å²) in [5.74, 6) is 1.24. The molecule has 0 unspecified atom stereocenters. The minimum atomic E-state index is 0.448. The van der Waals surface area contributed by atoms with Gasteiger partial charge in [-0.3, -0.25) is 10.1 Å². The quantitative estimate of drug-likeness (QED) is 0.730. The Morgan fingerprint density at radius 3 is 2.74 bits per heavy atom. The van der Waals surface area contributed by atoms with Crippen LogP contribution in [0.25, 0.3) is 22.6 Å². The number of rotatable bonds is 5. The van der Waals surface area contributed by atoms with Crippen molar-refractivity contribution >= 4 is 11.6 Å². The van der Waals surface area contributed by atoms with E-state index < -0.39 is 0 Å². The van der Waals surface area contributed by atoms with Crippen LogP contribution in [-0.4, -0.2) is 21.8 Å². The molecule has 1 N–H and O–H groups in total. The lowest BCUT2D eigenvalue weighted by Gasteiger charge is -2.12. The van der Waals surface area contributed by atoms with E-state index in [0.29, 0.717) is 17.5 Å². The molecule has 2 aromatic heterocycles. The van der Waals surface area contributed by atoms with E-state index in [0.717, 1.165) is 28.4 Å². The Bertz CT molecular complexity index is 784. The summed E-state index contributed by atoms with van der Waals surface area (Å²) in [6.07, 6.45) is 1.75. The van der Waals surface area contributed by atoms with E-state index in [4.69, 9.17) is 16.3 Å². The van der Waals surface area contributed by atoms with Crippen LogP contribution in [0.4, 0.5) is 0 Å². The monoisotopic (exact) mass is 327 g/mol. The molecule has 0 radical (unpaired) electrons. The number of nitrogens with one attached hydrogen (secondary N) is 1. The SMILES string of the molecule is CC(C)COc1ccc(Cl)cc1-c1cc(-c2ccccn2)n[nH]1. The Labute approximate surface area is 140 Å². The number of aromatic amines is 1. The lowest BCUT2D eigenvalue weighted by Crippen LogP contribution is -2.05. The predicted octanol–water partition coefficient (Wildman–Crippen LogP) is 4.83. The van der Waals surface area contributed by atoms with Gasteiger partial charge in [-0.2, -0.15) is 5.10 Å². The fourth-order valence-electron chi connectivity index (χ4n) is 2.20. The highest BCUT2D eigenvalue weighted by atomic mass is 35.5. The van der Waals surface area contributed by atoms with Crippen molar-refractivity contribution in [2.24, 2.45) is 5.92 Å². The van der Waals surface area contributed by atoms with Gasteiger partial charge in [0.25, 0.3) is 0 Å². The Kier molecular flexibility index (Phi) is 4.63. The average Bonchev–Trinajstić information content (AvgIpc) is 3.04. The van der Waals surface area contributed by atoms with Gasteiger partial charge in [0.15, 0.2) is 0 Å². The van der Waals surface area contributed by atoms with E-state index >= 15 is 0 Å². The van der Waals surface area contributed by atoms with Crippen molar-refractivity contribution in [3.05, 3.63) is 53.7 Å². The Hall–Kier alpha value is -2.33. The van der Waals surface area contributed by atoms with Crippen LogP contribution in [0, 0.1) is 5.92 Å². The molecule has 1 aromatic carbocycles. The number of benzene rings is 1. The number of aromatic nitrogens is 3. The third-order valence-electron chi connectivity index (χ3n) is 3.31. The minimum absolute atomic E-state index is 0.448. The summed E-state index contributed by atoms with van der Waals surface area (Å²) in [5.41, 5.74) is 3.36. The molecule has 3 aromatic rings. The molecule has 0 bridgehead atoms. The molecule has 0 aliphatic rings. The molecule has 5 heteroatoms. The van der Waals surface area contributed by atoms with Crippen LogP contribution < -0.4 is 4.74 Å². The minimum Gasteiger partial charge on any atom is -0.493 e. The fraction of sp³-hybridized carbons (Fsp3) is 0.222. The zero-order valence-corrected chi connectivity index (χ0v) is 13.8. The second-order valence-corrected chi connectivity index (χ2v) is 6.16. The predicted molar refractivity (Wildman–Crippen MR) is 92.6 cm³/mol. The normalized spacial score (nSPS) is 11.0. The molecule has 0 aliphatic heterocycles. The largest absolute Gasteiger partial charge is 0.493 e. The van der Waals surface area contributed by atoms with Gasteiger partial charge in [-0.25, -0.2) is 0 Å². The first-order valence-corrected chi connectivity index (χ1v) is 7.91. The summed E-state index contributed by atoms with van der Waals surface area (Å²) in [4.78, 5) is 4.32. The molecule has 4 nitrogen and oxygen atoms in total. The highest BCUT2D eigenvalue weighted by molar-refractivity contribution is 6.31. The fourth-order valence-corrected chi connectivity index (χ4v) is 2.37. The molecule has 0 saturated carbocycles. The van der Waals surface area contributed by atoms with Gasteiger partial charge in [0, 0.05) is 16.8 Å². The van der Waals surface area contributed by atoms with E-state index in [1.807, 2.05) is 42.5 Å². The van der Waals surface area contributed by atoms with Crippen molar-refractivity contribution in [3.63, 3.8) is 0 Å². The van der Waals surface area contributed by atoms with Crippen molar-refractivity contribution < 1.29 is 4.74 Å². The van der Waals surface area contributed by atoms with Crippen LogP contribution in [0.5, 0.6) is 5.75 Å². The summed E-state index contributed by atoms with van der Waals surface area (Å²) in [6, 6.07) is 13.3. The van der Waals surface area contributed by atoms with Gasteiger partial charge in [-0.15, -0.1) is 0 Å². The Morgan fingerprint density at radius 1 is 1.13 bits per heavy atom. The molecular weight excluding hydrogens is 310 g/mol. The summed E-state index contributed by atoms with van der Waals surface area (Å²) >= 11 is 6.15. The smallest absolute Gasteiger partial charge is 0.128 e. The van der Waals surface area contributed by atoms with Gasteiger partial charge in [0.05, 0.1) is 18.0 Å². The van der Waals surface area contributed by atoms with E-state index in [1.54, 1.807) is 6.20 Å². The van der Waals surface area contributed by atoms with Crippen molar-refractivity contribution in [1.29, 1.82) is 0 Å². The maximum Gasteiger partial charge on any atom is 0.128 e. The number of H-pyrrole nitrogens is 1. The van der Waals surface area contributed by atoms with Gasteiger partial charge in [-0.05, 0) is 42.3 Å². The molecule has 0 aliphatic carbocycles. The maximum atomic E-state index is 6.15. The van der Waals surface area contributed by atoms with Crippen molar-refractivity contribution in [1.82, 2.24) is 15.2 Å². The number of hydrogen-bond donors (Lipinski definition) is 1. The van der Waals surface area contributed by atoms with E-state index in [2.05, 4.69) is 29.0 Å². The number of pyridine rings is 1. The molecule has 0 spiro atoms. The molecule has 3 rings (SSSR count). The first-order valence-electron chi connectivity index (χ1n) is 7.53. The van der Waals surface area contributed by atoms with Crippen LogP contribution in [0.2, 0.25) is 5.02 Å². The van der Waals surface area contributed by atoms with Gasteiger partial charge in [0.2, 0.25) is 0 Å². The zero-order valence-electron chi connectivity index (χ0n) is 13.1. The lowest BCUT2D eigenvalue weighted by molar-refractivity contribution is 0.272. The van der Waals surface area contributed by atoms with Crippen molar-refractivity contribution in [3.8, 4) is 28.4 Å². The van der Waals surface area contributed by atoms with Gasteiger partial charge in [0.1, 0.15) is 11.4 Å². The average molecular weight is 328 g/mol. The highest BCUT2D eigenvalue weighted by Gasteiger charge is 2.12. The first kappa shape index (κ1) is 15.6. The third-order valence-corrected chi connectivity index (χ3v) is 3.54. The van der Waals surface area contributed by atoms with Gasteiger partial charge in [-0.1, -0.05) is 31.5 Å². The highest BCUT2D eigenvalue weighted by Crippen LogP contribution is 2.33. The molecule has 0 saturated heterocycles. The number of ether oxygens (including phenoxy) is 1. The second kappa shape index (κ2) is 6.84. The number of nitrogens with zero attached hydrogens (tertiary/aromatic N) is 2. The molecule has 23 heavy (non-hydrogen) atoms. The maximum absolute atomic E-state index is 6.15. The van der Waals surface area contributed by atoms with E-state index in [-0.39, 0.29) is 0 Å². The molecule has 118 valence electrons. The molecule has 2 heterocycles. The number of hydrogen-bond acceptors (Lipinski definition) is 3. The first-order chi connectivity index (χ1) is 11.1. The molecule has 0 atom stereocenters. The Balaban J connectivity index is 1.95. The standard InChI is InChI=1S/C18H18ClN3O/c1-12(2)11-23-18-7-6-13(19)9-14(18)16-10-17(22-21-16)15-5-3-4-8-20-15/h3-10,12H,11H2,1-2H3,(H,21,22). The molecular formula is C18H18ClN3O. The zero-order chi connectivity index (χ0) is 16.2. The van der Waals surface area contributed by atoms with Gasteiger partial charge >= 0.3 is 0 Å². The second-order valence-electron chi connectivity index (χ2n) is 5.73. The van der Waals surface area contributed by atoms with E-state index in [9.17, 15) is 0 Å². The topological polar surface area (TPSA) is 50.8 Å². The lowest BCUT2D eigenvalue weighted by atomic mass is 10.1. The summed E-state index contributed by atoms with van der Waals surface area (Å²) in [5, 5.41) is 8.05. The van der Waals surface area contributed by atoms with Crippen molar-refractivity contribution in [2.45, 2.75) is 13.8 Å². The molecule has 0 fully saturated rings. The van der Waals surface area contributed by atoms with Crippen LogP contribution in [0.15, 0.2) is 48.7 Å². The number of halogens is 1.